The molecule has 0 spiro atoms. The fourth-order valence-electron chi connectivity index (χ4n) is 2.62. The van der Waals surface area contributed by atoms with E-state index in [4.69, 9.17) is 15.2 Å². The number of nitrogens with zero attached hydrogens (tertiary/aromatic N) is 1. The van der Waals surface area contributed by atoms with Crippen molar-refractivity contribution in [3.63, 3.8) is 0 Å². The zero-order valence-corrected chi connectivity index (χ0v) is 10.4. The van der Waals surface area contributed by atoms with Crippen molar-refractivity contribution < 1.29 is 9.47 Å². The summed E-state index contributed by atoms with van der Waals surface area (Å²) in [6, 6.07) is 0.711. The van der Waals surface area contributed by atoms with Crippen molar-refractivity contribution in [2.45, 2.75) is 38.5 Å². The molecule has 4 atom stereocenters. The largest absolute Gasteiger partial charge is 0.381 e. The van der Waals surface area contributed by atoms with Crippen LogP contribution in [0.1, 0.15) is 20.3 Å². The molecule has 16 heavy (non-hydrogen) atoms. The van der Waals surface area contributed by atoms with Gasteiger partial charge in [0.15, 0.2) is 0 Å². The smallest absolute Gasteiger partial charge is 0.0850 e. The first-order chi connectivity index (χ1) is 7.68. The molecule has 0 aliphatic carbocycles. The molecule has 0 radical (unpaired) electrons. The van der Waals surface area contributed by atoms with Gasteiger partial charge in [0.2, 0.25) is 0 Å². The van der Waals surface area contributed by atoms with E-state index in [-0.39, 0.29) is 12.1 Å². The van der Waals surface area contributed by atoms with Crippen LogP contribution in [-0.2, 0) is 9.47 Å². The number of hydrogen-bond donors (Lipinski definition) is 1. The Morgan fingerprint density at radius 3 is 2.75 bits per heavy atom. The van der Waals surface area contributed by atoms with Gasteiger partial charge in [-0.2, -0.15) is 0 Å². The zero-order chi connectivity index (χ0) is 11.5. The van der Waals surface area contributed by atoms with Crippen LogP contribution in [0.5, 0.6) is 0 Å². The summed E-state index contributed by atoms with van der Waals surface area (Å²) in [4.78, 5) is 2.51. The van der Waals surface area contributed by atoms with Gasteiger partial charge < -0.3 is 15.2 Å². The third kappa shape index (κ3) is 2.74. The molecule has 2 N–H and O–H groups in total. The Balaban J connectivity index is 1.87. The summed E-state index contributed by atoms with van der Waals surface area (Å²) in [5.41, 5.74) is 5.91. The van der Waals surface area contributed by atoms with Crippen molar-refractivity contribution in [3.8, 4) is 0 Å². The molecule has 94 valence electrons. The van der Waals surface area contributed by atoms with Crippen LogP contribution in [0, 0.1) is 5.92 Å². The third-order valence-electron chi connectivity index (χ3n) is 3.93. The van der Waals surface area contributed by atoms with Gasteiger partial charge in [-0.05, 0) is 26.2 Å². The predicted octanol–water partition coefficient (Wildman–Crippen LogP) is 0.459. The molecule has 0 aromatic heterocycles. The lowest BCUT2D eigenvalue weighted by Crippen LogP contribution is -2.53. The Morgan fingerprint density at radius 2 is 2.12 bits per heavy atom. The SMILES string of the molecule is CC(N)C1CN(C(C)C2CCOC2)CCO1. The van der Waals surface area contributed by atoms with Crippen molar-refractivity contribution in [3.05, 3.63) is 0 Å². The van der Waals surface area contributed by atoms with Gasteiger partial charge in [-0.25, -0.2) is 0 Å². The molecule has 0 aromatic rings. The molecule has 0 saturated carbocycles. The lowest BCUT2D eigenvalue weighted by molar-refractivity contribution is -0.0570. The highest BCUT2D eigenvalue weighted by Gasteiger charge is 2.31. The van der Waals surface area contributed by atoms with Crippen molar-refractivity contribution in [2.24, 2.45) is 11.7 Å². The first kappa shape index (κ1) is 12.3. The second-order valence-electron chi connectivity index (χ2n) is 5.13. The second kappa shape index (κ2) is 5.45. The molecule has 0 amide bonds. The molecule has 4 unspecified atom stereocenters. The fraction of sp³-hybridized carbons (Fsp3) is 1.00. The molecule has 2 aliphatic heterocycles. The van der Waals surface area contributed by atoms with E-state index in [1.165, 1.54) is 6.42 Å². The lowest BCUT2D eigenvalue weighted by Gasteiger charge is -2.40. The monoisotopic (exact) mass is 228 g/mol. The van der Waals surface area contributed by atoms with Gasteiger partial charge in [-0.3, -0.25) is 4.90 Å². The van der Waals surface area contributed by atoms with Crippen LogP contribution in [0.25, 0.3) is 0 Å². The Morgan fingerprint density at radius 1 is 1.31 bits per heavy atom. The summed E-state index contributed by atoms with van der Waals surface area (Å²) in [5, 5.41) is 0. The molecule has 2 saturated heterocycles. The van der Waals surface area contributed by atoms with Gasteiger partial charge in [-0.1, -0.05) is 0 Å². The molecule has 2 aliphatic rings. The van der Waals surface area contributed by atoms with Crippen LogP contribution in [0.2, 0.25) is 0 Å². The minimum absolute atomic E-state index is 0.120. The summed E-state index contributed by atoms with van der Waals surface area (Å²) in [6.07, 6.45) is 1.39. The van der Waals surface area contributed by atoms with Crippen LogP contribution in [0.4, 0.5) is 0 Å². The average Bonchev–Trinajstić information content (AvgIpc) is 2.81. The van der Waals surface area contributed by atoms with E-state index in [1.54, 1.807) is 0 Å². The fourth-order valence-corrected chi connectivity index (χ4v) is 2.62. The maximum atomic E-state index is 5.91. The summed E-state index contributed by atoms with van der Waals surface area (Å²) >= 11 is 0. The predicted molar refractivity (Wildman–Crippen MR) is 63.4 cm³/mol. The minimum atomic E-state index is 0.120. The maximum Gasteiger partial charge on any atom is 0.0850 e. The lowest BCUT2D eigenvalue weighted by atomic mass is 9.98. The summed E-state index contributed by atoms with van der Waals surface area (Å²) in [5.74, 6) is 0.687. The van der Waals surface area contributed by atoms with E-state index < -0.39 is 0 Å². The number of ether oxygens (including phenoxy) is 2. The Kier molecular flexibility index (Phi) is 4.19. The molecule has 0 bridgehead atoms. The van der Waals surface area contributed by atoms with Crippen molar-refractivity contribution in [1.82, 2.24) is 4.90 Å². The zero-order valence-electron chi connectivity index (χ0n) is 10.4. The molecule has 4 heteroatoms. The van der Waals surface area contributed by atoms with E-state index in [0.29, 0.717) is 12.0 Å². The maximum absolute atomic E-state index is 5.91. The summed E-state index contributed by atoms with van der Waals surface area (Å²) < 4.78 is 11.1. The van der Waals surface area contributed by atoms with E-state index in [2.05, 4.69) is 11.8 Å². The van der Waals surface area contributed by atoms with Crippen molar-refractivity contribution >= 4 is 0 Å². The first-order valence-corrected chi connectivity index (χ1v) is 6.37. The molecule has 2 fully saturated rings. The van der Waals surface area contributed by atoms with Crippen LogP contribution in [0.15, 0.2) is 0 Å². The van der Waals surface area contributed by atoms with Gasteiger partial charge in [-0.15, -0.1) is 0 Å². The second-order valence-corrected chi connectivity index (χ2v) is 5.13. The minimum Gasteiger partial charge on any atom is -0.381 e. The number of rotatable bonds is 3. The normalized spacial score (nSPS) is 36.2. The van der Waals surface area contributed by atoms with Crippen LogP contribution in [-0.4, -0.2) is 56.0 Å². The van der Waals surface area contributed by atoms with E-state index in [1.807, 2.05) is 6.92 Å². The molecule has 2 heterocycles. The molecular formula is C12H24N2O2. The molecule has 4 nitrogen and oxygen atoms in total. The van der Waals surface area contributed by atoms with Crippen LogP contribution >= 0.6 is 0 Å². The topological polar surface area (TPSA) is 47.7 Å². The van der Waals surface area contributed by atoms with Crippen LogP contribution < -0.4 is 5.73 Å². The van der Waals surface area contributed by atoms with Crippen molar-refractivity contribution in [2.75, 3.05) is 32.9 Å². The summed E-state index contributed by atoms with van der Waals surface area (Å²) in [7, 11) is 0. The van der Waals surface area contributed by atoms with Crippen LogP contribution in [0.3, 0.4) is 0 Å². The third-order valence-corrected chi connectivity index (χ3v) is 3.93. The number of hydrogen-bond acceptors (Lipinski definition) is 4. The molecule has 2 rings (SSSR count). The van der Waals surface area contributed by atoms with E-state index in [0.717, 1.165) is 32.9 Å². The van der Waals surface area contributed by atoms with Gasteiger partial charge in [0.05, 0.1) is 19.3 Å². The highest BCUT2D eigenvalue weighted by atomic mass is 16.5. The van der Waals surface area contributed by atoms with Gasteiger partial charge in [0, 0.05) is 31.8 Å². The van der Waals surface area contributed by atoms with Gasteiger partial charge >= 0.3 is 0 Å². The Hall–Kier alpha value is -0.160. The average molecular weight is 228 g/mol. The van der Waals surface area contributed by atoms with E-state index >= 15 is 0 Å². The van der Waals surface area contributed by atoms with Crippen molar-refractivity contribution in [1.29, 1.82) is 0 Å². The standard InChI is InChI=1S/C12H24N2O2/c1-9(13)12-7-14(4-6-16-12)10(2)11-3-5-15-8-11/h9-12H,3-8,13H2,1-2H3. The van der Waals surface area contributed by atoms with Gasteiger partial charge in [0.25, 0.3) is 0 Å². The first-order valence-electron chi connectivity index (χ1n) is 6.37. The molecular weight excluding hydrogens is 204 g/mol. The van der Waals surface area contributed by atoms with E-state index in [9.17, 15) is 0 Å². The quantitative estimate of drug-likeness (QED) is 0.762. The molecule has 0 aromatic carbocycles. The van der Waals surface area contributed by atoms with Gasteiger partial charge in [0.1, 0.15) is 0 Å². The Labute approximate surface area is 98.1 Å². The highest BCUT2D eigenvalue weighted by Crippen LogP contribution is 2.22. The number of nitrogens with two attached hydrogens (primary N) is 1. The Bertz CT molecular complexity index is 217. The highest BCUT2D eigenvalue weighted by molar-refractivity contribution is 4.84. The summed E-state index contributed by atoms with van der Waals surface area (Å²) in [6.45, 7) is 8.98. The number of morpholine rings is 1.